The number of nitrogens with zero attached hydrogens (tertiary/aromatic N) is 4. The summed E-state index contributed by atoms with van der Waals surface area (Å²) in [5.41, 5.74) is -1.07. The summed E-state index contributed by atoms with van der Waals surface area (Å²) in [5, 5.41) is 13.6. The van der Waals surface area contributed by atoms with Gasteiger partial charge < -0.3 is 10.1 Å². The lowest BCUT2D eigenvalue weighted by Gasteiger charge is -2.07. The Bertz CT molecular complexity index is 1180. The summed E-state index contributed by atoms with van der Waals surface area (Å²) in [6.07, 6.45) is -3.54. The van der Waals surface area contributed by atoms with Gasteiger partial charge in [0.25, 0.3) is 6.43 Å². The van der Waals surface area contributed by atoms with Crippen LogP contribution in [0.25, 0.3) is 17.2 Å². The molecule has 1 amide bonds. The van der Waals surface area contributed by atoms with Gasteiger partial charge in [-0.2, -0.15) is 0 Å². The Morgan fingerprint density at radius 2 is 2.06 bits per heavy atom. The third-order valence-corrected chi connectivity index (χ3v) is 4.89. The molecule has 0 bridgehead atoms. The van der Waals surface area contributed by atoms with E-state index in [9.17, 15) is 27.6 Å². The van der Waals surface area contributed by atoms with Crippen molar-refractivity contribution >= 4 is 23.6 Å². The van der Waals surface area contributed by atoms with E-state index in [-0.39, 0.29) is 34.5 Å². The van der Waals surface area contributed by atoms with Crippen molar-refractivity contribution in [2.75, 3.05) is 19.4 Å². The highest BCUT2D eigenvalue weighted by Gasteiger charge is 2.24. The van der Waals surface area contributed by atoms with Gasteiger partial charge >= 0.3 is 11.7 Å². The number of halogens is 3. The van der Waals surface area contributed by atoms with Gasteiger partial charge in [0, 0.05) is 12.3 Å². The third-order valence-electron chi connectivity index (χ3n) is 3.94. The number of carbonyl (C=O) groups excluding carboxylic acids is 2. The van der Waals surface area contributed by atoms with Gasteiger partial charge in [-0.15, -0.1) is 0 Å². The van der Waals surface area contributed by atoms with E-state index in [1.54, 1.807) is 0 Å². The van der Waals surface area contributed by atoms with Gasteiger partial charge in [-0.1, -0.05) is 16.9 Å². The van der Waals surface area contributed by atoms with Crippen molar-refractivity contribution in [1.82, 2.24) is 25.4 Å². The fourth-order valence-electron chi connectivity index (χ4n) is 2.48. The topological polar surface area (TPSA) is 142 Å². The van der Waals surface area contributed by atoms with E-state index >= 15 is 0 Å². The number of aromatic nitrogens is 4. The predicted molar refractivity (Wildman–Crippen MR) is 101 cm³/mol. The van der Waals surface area contributed by atoms with Crippen LogP contribution in [0.3, 0.4) is 0 Å². The van der Waals surface area contributed by atoms with Crippen LogP contribution in [0.4, 0.5) is 13.2 Å². The van der Waals surface area contributed by atoms with E-state index in [1.807, 2.05) is 0 Å². The molecule has 0 fully saturated rings. The Kier molecular flexibility index (Phi) is 7.29. The van der Waals surface area contributed by atoms with E-state index in [4.69, 9.17) is 0 Å². The Labute approximate surface area is 180 Å². The number of rotatable bonds is 9. The monoisotopic (exact) mass is 473 g/mol. The van der Waals surface area contributed by atoms with Crippen LogP contribution in [0.2, 0.25) is 0 Å². The van der Waals surface area contributed by atoms with Crippen LogP contribution >= 0.6 is 11.8 Å². The summed E-state index contributed by atoms with van der Waals surface area (Å²) < 4.78 is 54.2. The number of methoxy groups -OCH3 is 1. The molecule has 0 spiro atoms. The molecule has 1 aromatic carbocycles. The quantitative estimate of drug-likeness (QED) is 0.211. The molecule has 0 atom stereocenters. The first-order chi connectivity index (χ1) is 15.3. The second-order valence-corrected chi connectivity index (χ2v) is 7.07. The lowest BCUT2D eigenvalue weighted by molar-refractivity contribution is -0.143. The molecule has 15 heteroatoms. The highest BCUT2D eigenvalue weighted by molar-refractivity contribution is 7.99. The first-order valence-electron chi connectivity index (χ1n) is 8.77. The molecule has 0 aliphatic carbocycles. The summed E-state index contributed by atoms with van der Waals surface area (Å²) in [5.74, 6) is -3.32. The molecule has 1 N–H and O–H groups in total. The fraction of sp³-hybridized carbons (Fsp3) is 0.294. The number of hydrogen-bond acceptors (Lipinski definition) is 10. The van der Waals surface area contributed by atoms with E-state index < -0.39 is 41.9 Å². The minimum atomic E-state index is -3.11. The van der Waals surface area contributed by atoms with Crippen LogP contribution in [0.15, 0.2) is 37.2 Å². The standard InChI is InChI=1S/C17H14F3N5O6S/c1-29-12(27)7-11(26)21-4-5-32-16-13(22-31-24-16)15-23-30-17(28)25(15)8-2-3-10(18)9(6-8)14(19)20/h2-3,6,14H,4-5,7H2,1H3,(H,21,26). The summed E-state index contributed by atoms with van der Waals surface area (Å²) in [4.78, 5) is 34.7. The SMILES string of the molecule is COC(=O)CC(=O)NCCSc1nonc1-c1noc(=O)n1-c1ccc(F)c(C(F)F)c1. The number of benzene rings is 1. The Hall–Kier alpha value is -3.62. The van der Waals surface area contributed by atoms with E-state index in [0.29, 0.717) is 0 Å². The normalized spacial score (nSPS) is 11.0. The predicted octanol–water partition coefficient (Wildman–Crippen LogP) is 1.72. The van der Waals surface area contributed by atoms with Gasteiger partial charge in [-0.05, 0) is 28.5 Å². The fourth-order valence-corrected chi connectivity index (χ4v) is 3.23. The first kappa shape index (κ1) is 23.1. The molecular weight excluding hydrogens is 459 g/mol. The van der Waals surface area contributed by atoms with Crippen molar-refractivity contribution < 1.29 is 36.6 Å². The smallest absolute Gasteiger partial charge is 0.446 e. The summed E-state index contributed by atoms with van der Waals surface area (Å²) >= 11 is 1.06. The molecule has 0 saturated heterocycles. The maximum absolute atomic E-state index is 13.6. The lowest BCUT2D eigenvalue weighted by Crippen LogP contribution is -2.28. The minimum absolute atomic E-state index is 0.0374. The van der Waals surface area contributed by atoms with Gasteiger partial charge in [-0.3, -0.25) is 14.1 Å². The zero-order chi connectivity index (χ0) is 23.3. The zero-order valence-corrected chi connectivity index (χ0v) is 17.0. The van der Waals surface area contributed by atoms with Crippen molar-refractivity contribution in [1.29, 1.82) is 0 Å². The summed E-state index contributed by atoms with van der Waals surface area (Å²) in [6.45, 7) is 0.147. The number of ether oxygens (including phenoxy) is 1. The Morgan fingerprint density at radius 1 is 1.28 bits per heavy atom. The molecule has 0 unspecified atom stereocenters. The number of alkyl halides is 2. The molecule has 11 nitrogen and oxygen atoms in total. The van der Waals surface area contributed by atoms with E-state index in [2.05, 4.69) is 34.7 Å². The lowest BCUT2D eigenvalue weighted by atomic mass is 10.2. The third kappa shape index (κ3) is 5.16. The van der Waals surface area contributed by atoms with E-state index in [0.717, 1.165) is 41.6 Å². The second kappa shape index (κ2) is 10.1. The number of thioether (sulfide) groups is 1. The number of hydrogen-bond donors (Lipinski definition) is 1. The van der Waals surface area contributed by atoms with Gasteiger partial charge in [0.2, 0.25) is 11.7 Å². The molecule has 3 aromatic rings. The molecule has 0 aliphatic heterocycles. The largest absolute Gasteiger partial charge is 0.469 e. The van der Waals surface area contributed by atoms with Crippen LogP contribution in [0.1, 0.15) is 18.4 Å². The average molecular weight is 473 g/mol. The molecule has 32 heavy (non-hydrogen) atoms. The van der Waals surface area contributed by atoms with Gasteiger partial charge in [0.05, 0.1) is 18.4 Å². The van der Waals surface area contributed by atoms with Crippen LogP contribution in [0.5, 0.6) is 0 Å². The van der Waals surface area contributed by atoms with Crippen molar-refractivity contribution in [3.8, 4) is 17.2 Å². The molecule has 170 valence electrons. The van der Waals surface area contributed by atoms with E-state index in [1.165, 1.54) is 0 Å². The van der Waals surface area contributed by atoms with Crippen molar-refractivity contribution in [3.63, 3.8) is 0 Å². The van der Waals surface area contributed by atoms with Crippen LogP contribution in [-0.2, 0) is 14.3 Å². The molecule has 0 radical (unpaired) electrons. The highest BCUT2D eigenvalue weighted by atomic mass is 32.2. The number of nitrogens with one attached hydrogen (secondary N) is 1. The molecule has 2 heterocycles. The second-order valence-electron chi connectivity index (χ2n) is 5.98. The summed E-state index contributed by atoms with van der Waals surface area (Å²) in [7, 11) is 1.16. The average Bonchev–Trinajstić information content (AvgIpc) is 3.37. The number of carbonyl (C=O) groups is 2. The number of amides is 1. The molecule has 2 aromatic heterocycles. The van der Waals surface area contributed by atoms with Crippen molar-refractivity contribution in [2.24, 2.45) is 0 Å². The zero-order valence-electron chi connectivity index (χ0n) is 16.2. The van der Waals surface area contributed by atoms with Gasteiger partial charge in [0.15, 0.2) is 10.7 Å². The van der Waals surface area contributed by atoms with Gasteiger partial charge in [-0.25, -0.2) is 27.2 Å². The minimum Gasteiger partial charge on any atom is -0.469 e. The van der Waals surface area contributed by atoms with Crippen molar-refractivity contribution in [2.45, 2.75) is 17.9 Å². The van der Waals surface area contributed by atoms with Crippen LogP contribution in [-0.4, -0.2) is 51.3 Å². The highest BCUT2D eigenvalue weighted by Crippen LogP contribution is 2.29. The van der Waals surface area contributed by atoms with Crippen LogP contribution < -0.4 is 11.1 Å². The molecule has 0 saturated carbocycles. The molecular formula is C17H14F3N5O6S. The Morgan fingerprint density at radius 3 is 2.78 bits per heavy atom. The van der Waals surface area contributed by atoms with Crippen molar-refractivity contribution in [3.05, 3.63) is 40.1 Å². The first-order valence-corrected chi connectivity index (χ1v) is 9.76. The molecule has 3 rings (SSSR count). The molecule has 0 aliphatic rings. The maximum Gasteiger partial charge on any atom is 0.446 e. The number of esters is 1. The van der Waals surface area contributed by atoms with Gasteiger partial charge in [0.1, 0.15) is 12.2 Å². The maximum atomic E-state index is 13.6. The summed E-state index contributed by atoms with van der Waals surface area (Å²) in [6, 6.07) is 2.67. The Balaban J connectivity index is 1.77. The van der Waals surface area contributed by atoms with Crippen LogP contribution in [0, 0.1) is 5.82 Å².